The van der Waals surface area contributed by atoms with Crippen LogP contribution in [-0.4, -0.2) is 53.3 Å². The maximum absolute atomic E-state index is 9.52. The SMILES string of the molecule is [C-]#[N+]c1c(N2CCN(C(C)(C)CO)CC2)nc(Cl)c(C#N)c1CC. The molecule has 24 heavy (non-hydrogen) atoms. The molecule has 1 aromatic rings. The maximum atomic E-state index is 9.52. The predicted molar refractivity (Wildman–Crippen MR) is 94.6 cm³/mol. The first kappa shape index (κ1) is 18.5. The van der Waals surface area contributed by atoms with Crippen molar-refractivity contribution >= 4 is 23.1 Å². The lowest BCUT2D eigenvalue weighted by molar-refractivity contribution is 0.0526. The molecule has 2 heterocycles. The van der Waals surface area contributed by atoms with Gasteiger partial charge in [0.25, 0.3) is 0 Å². The molecule has 1 fully saturated rings. The molecule has 0 spiro atoms. The van der Waals surface area contributed by atoms with Crippen molar-refractivity contribution < 1.29 is 5.11 Å². The summed E-state index contributed by atoms with van der Waals surface area (Å²) in [6.07, 6.45) is 0.563. The Hall–Kier alpha value is -1.86. The normalized spacial score (nSPS) is 15.9. The van der Waals surface area contributed by atoms with Crippen molar-refractivity contribution in [2.24, 2.45) is 0 Å². The summed E-state index contributed by atoms with van der Waals surface area (Å²) in [5.41, 5.74) is 1.13. The number of hydrogen-bond acceptors (Lipinski definition) is 5. The summed E-state index contributed by atoms with van der Waals surface area (Å²) in [7, 11) is 0. The molecule has 1 aromatic heterocycles. The van der Waals surface area contributed by atoms with E-state index in [1.54, 1.807) is 0 Å². The molecule has 128 valence electrons. The molecule has 0 unspecified atom stereocenters. The third-order valence-electron chi connectivity index (χ3n) is 4.61. The predicted octanol–water partition coefficient (Wildman–Crippen LogP) is 2.61. The van der Waals surface area contributed by atoms with E-state index in [1.165, 1.54) is 0 Å². The van der Waals surface area contributed by atoms with Crippen LogP contribution in [0.1, 0.15) is 31.9 Å². The molecule has 7 heteroatoms. The minimum atomic E-state index is -0.265. The average Bonchev–Trinajstić information content (AvgIpc) is 2.60. The molecule has 0 aromatic carbocycles. The molecule has 2 rings (SSSR count). The van der Waals surface area contributed by atoms with Gasteiger partial charge in [-0.25, -0.2) is 9.83 Å². The lowest BCUT2D eigenvalue weighted by Crippen LogP contribution is -2.56. The van der Waals surface area contributed by atoms with Gasteiger partial charge in [0, 0.05) is 31.7 Å². The van der Waals surface area contributed by atoms with Crippen LogP contribution < -0.4 is 4.90 Å². The van der Waals surface area contributed by atoms with Crippen LogP contribution in [0.15, 0.2) is 0 Å². The highest BCUT2D eigenvalue weighted by atomic mass is 35.5. The van der Waals surface area contributed by atoms with Crippen LogP contribution in [0.5, 0.6) is 0 Å². The summed E-state index contributed by atoms with van der Waals surface area (Å²) in [5, 5.41) is 19.0. The minimum Gasteiger partial charge on any atom is -0.394 e. The van der Waals surface area contributed by atoms with Gasteiger partial charge in [0.15, 0.2) is 0 Å². The van der Waals surface area contributed by atoms with Crippen LogP contribution in [-0.2, 0) is 6.42 Å². The fourth-order valence-electron chi connectivity index (χ4n) is 3.00. The first-order valence-electron chi connectivity index (χ1n) is 8.00. The summed E-state index contributed by atoms with van der Waals surface area (Å²) in [5.74, 6) is 0.562. The summed E-state index contributed by atoms with van der Waals surface area (Å²) < 4.78 is 0. The molecule has 1 N–H and O–H groups in total. The molecule has 0 atom stereocenters. The number of rotatable bonds is 4. The van der Waals surface area contributed by atoms with Crippen molar-refractivity contribution in [2.75, 3.05) is 37.7 Å². The molecular weight excluding hydrogens is 326 g/mol. The average molecular weight is 348 g/mol. The first-order valence-corrected chi connectivity index (χ1v) is 8.38. The van der Waals surface area contributed by atoms with Gasteiger partial charge in [0.05, 0.1) is 18.7 Å². The van der Waals surface area contributed by atoms with E-state index in [1.807, 2.05) is 25.7 Å². The Kier molecular flexibility index (Phi) is 5.66. The number of anilines is 1. The smallest absolute Gasteiger partial charge is 0.232 e. The monoisotopic (exact) mass is 347 g/mol. The third-order valence-corrected chi connectivity index (χ3v) is 4.88. The standard InChI is InChI=1S/C17H22ClN5O/c1-5-12-13(10-19)15(18)21-16(14(12)20-4)22-6-8-23(9-7-22)17(2,3)11-24/h24H,5-9,11H2,1-3H3. The zero-order valence-electron chi connectivity index (χ0n) is 14.3. The van der Waals surface area contributed by atoms with Gasteiger partial charge in [-0.1, -0.05) is 18.5 Å². The van der Waals surface area contributed by atoms with E-state index < -0.39 is 0 Å². The third kappa shape index (κ3) is 3.32. The number of piperazine rings is 1. The Labute approximate surface area is 148 Å². The van der Waals surface area contributed by atoms with Crippen LogP contribution in [0.3, 0.4) is 0 Å². The zero-order valence-corrected chi connectivity index (χ0v) is 15.1. The molecule has 0 amide bonds. The highest BCUT2D eigenvalue weighted by Crippen LogP contribution is 2.37. The fraction of sp³-hybridized carbons (Fsp3) is 0.588. The number of halogens is 1. The maximum Gasteiger partial charge on any atom is 0.232 e. The molecular formula is C17H22ClN5O. The van der Waals surface area contributed by atoms with Gasteiger partial charge in [-0.3, -0.25) is 4.90 Å². The lowest BCUT2D eigenvalue weighted by Gasteiger charge is -2.43. The Morgan fingerprint density at radius 2 is 2.00 bits per heavy atom. The van der Waals surface area contributed by atoms with E-state index in [0.717, 1.165) is 13.1 Å². The number of nitriles is 1. The highest BCUT2D eigenvalue weighted by molar-refractivity contribution is 6.31. The van der Waals surface area contributed by atoms with Crippen molar-refractivity contribution in [2.45, 2.75) is 32.7 Å². The van der Waals surface area contributed by atoms with E-state index in [-0.39, 0.29) is 17.3 Å². The second kappa shape index (κ2) is 7.36. The van der Waals surface area contributed by atoms with Gasteiger partial charge in [-0.05, 0) is 25.8 Å². The number of aliphatic hydroxyl groups is 1. The van der Waals surface area contributed by atoms with Gasteiger partial charge < -0.3 is 10.0 Å². The van der Waals surface area contributed by atoms with Crippen LogP contribution in [0, 0.1) is 17.9 Å². The summed E-state index contributed by atoms with van der Waals surface area (Å²) in [6, 6.07) is 2.06. The quantitative estimate of drug-likeness (QED) is 0.669. The van der Waals surface area contributed by atoms with Gasteiger partial charge >= 0.3 is 0 Å². The highest BCUT2D eigenvalue weighted by Gasteiger charge is 2.31. The van der Waals surface area contributed by atoms with Gasteiger partial charge in [-0.2, -0.15) is 5.26 Å². The molecule has 0 bridgehead atoms. The molecule has 0 radical (unpaired) electrons. The van der Waals surface area contributed by atoms with Crippen LogP contribution in [0.25, 0.3) is 4.85 Å². The number of nitrogens with zero attached hydrogens (tertiary/aromatic N) is 5. The number of pyridine rings is 1. The lowest BCUT2D eigenvalue weighted by atomic mass is 10.0. The van der Waals surface area contributed by atoms with Gasteiger partial charge in [0.2, 0.25) is 5.69 Å². The number of aliphatic hydroxyl groups excluding tert-OH is 1. The Morgan fingerprint density at radius 3 is 2.46 bits per heavy atom. The summed E-state index contributed by atoms with van der Waals surface area (Å²) in [6.45, 7) is 16.5. The molecule has 1 saturated heterocycles. The first-order chi connectivity index (χ1) is 11.4. The number of aromatic nitrogens is 1. The van der Waals surface area contributed by atoms with E-state index >= 15 is 0 Å². The van der Waals surface area contributed by atoms with Crippen molar-refractivity contribution in [1.29, 1.82) is 5.26 Å². The second-order valence-electron chi connectivity index (χ2n) is 6.45. The molecule has 0 saturated carbocycles. The largest absolute Gasteiger partial charge is 0.394 e. The second-order valence-corrected chi connectivity index (χ2v) is 6.81. The number of hydrogen-bond donors (Lipinski definition) is 1. The van der Waals surface area contributed by atoms with Crippen LogP contribution in [0.4, 0.5) is 11.5 Å². The molecule has 6 nitrogen and oxygen atoms in total. The van der Waals surface area contributed by atoms with E-state index in [2.05, 4.69) is 20.8 Å². The molecule has 0 aliphatic carbocycles. The molecule has 1 aliphatic heterocycles. The minimum absolute atomic E-state index is 0.0984. The van der Waals surface area contributed by atoms with Crippen molar-refractivity contribution in [3.8, 4) is 6.07 Å². The van der Waals surface area contributed by atoms with Crippen molar-refractivity contribution in [3.63, 3.8) is 0 Å². The van der Waals surface area contributed by atoms with E-state index in [9.17, 15) is 10.4 Å². The van der Waals surface area contributed by atoms with E-state index in [0.29, 0.717) is 42.1 Å². The summed E-state index contributed by atoms with van der Waals surface area (Å²) in [4.78, 5) is 12.2. The van der Waals surface area contributed by atoms with E-state index in [4.69, 9.17) is 18.2 Å². The summed E-state index contributed by atoms with van der Waals surface area (Å²) >= 11 is 6.18. The molecule has 1 aliphatic rings. The van der Waals surface area contributed by atoms with Crippen LogP contribution >= 0.6 is 11.6 Å². The van der Waals surface area contributed by atoms with Crippen molar-refractivity contribution in [1.82, 2.24) is 9.88 Å². The van der Waals surface area contributed by atoms with Gasteiger partial charge in [0.1, 0.15) is 17.0 Å². The Morgan fingerprint density at radius 1 is 1.38 bits per heavy atom. The zero-order chi connectivity index (χ0) is 17.9. The van der Waals surface area contributed by atoms with Crippen molar-refractivity contribution in [3.05, 3.63) is 27.7 Å². The van der Waals surface area contributed by atoms with Crippen LogP contribution in [0.2, 0.25) is 5.15 Å². The Bertz CT molecular complexity index is 696. The fourth-order valence-corrected chi connectivity index (χ4v) is 3.24. The Balaban J connectivity index is 2.34. The van der Waals surface area contributed by atoms with Gasteiger partial charge in [-0.15, -0.1) is 0 Å². The topological polar surface area (TPSA) is 67.8 Å².